The predicted molar refractivity (Wildman–Crippen MR) is 109 cm³/mol. The SMILES string of the molecule is CNC(=O)c1cc(-c2ccccc2)n(-c2nc(-c3ccc(Cl)cc3)cs2)n1. The van der Waals surface area contributed by atoms with Crippen molar-refractivity contribution >= 4 is 28.8 Å². The molecule has 134 valence electrons. The molecule has 1 amide bonds. The lowest BCUT2D eigenvalue weighted by Crippen LogP contribution is -2.18. The fraction of sp³-hybridized carbons (Fsp3) is 0.0500. The van der Waals surface area contributed by atoms with Crippen molar-refractivity contribution in [2.45, 2.75) is 0 Å². The molecule has 0 fully saturated rings. The van der Waals surface area contributed by atoms with E-state index in [0.29, 0.717) is 15.8 Å². The molecule has 1 N–H and O–H groups in total. The van der Waals surface area contributed by atoms with Gasteiger partial charge in [0.1, 0.15) is 0 Å². The van der Waals surface area contributed by atoms with Crippen LogP contribution in [0.25, 0.3) is 27.6 Å². The Kier molecular flexibility index (Phi) is 4.75. The second kappa shape index (κ2) is 7.34. The van der Waals surface area contributed by atoms with Crippen molar-refractivity contribution in [1.29, 1.82) is 0 Å². The first-order valence-corrected chi connectivity index (χ1v) is 9.51. The van der Waals surface area contributed by atoms with Gasteiger partial charge in [0.15, 0.2) is 5.69 Å². The van der Waals surface area contributed by atoms with E-state index >= 15 is 0 Å². The summed E-state index contributed by atoms with van der Waals surface area (Å²) >= 11 is 7.43. The number of benzene rings is 2. The highest BCUT2D eigenvalue weighted by atomic mass is 35.5. The van der Waals surface area contributed by atoms with Gasteiger partial charge in [0, 0.05) is 28.6 Å². The number of halogens is 1. The lowest BCUT2D eigenvalue weighted by molar-refractivity contribution is 0.0957. The summed E-state index contributed by atoms with van der Waals surface area (Å²) in [7, 11) is 1.59. The van der Waals surface area contributed by atoms with Crippen molar-refractivity contribution in [2.75, 3.05) is 7.05 Å². The van der Waals surface area contributed by atoms with Crippen LogP contribution < -0.4 is 5.32 Å². The number of hydrogen-bond acceptors (Lipinski definition) is 4. The number of carbonyl (C=O) groups excluding carboxylic acids is 1. The van der Waals surface area contributed by atoms with Gasteiger partial charge in [-0.25, -0.2) is 9.67 Å². The Hall–Kier alpha value is -2.96. The molecule has 0 atom stereocenters. The van der Waals surface area contributed by atoms with E-state index in [1.165, 1.54) is 11.3 Å². The quantitative estimate of drug-likeness (QED) is 0.547. The zero-order valence-corrected chi connectivity index (χ0v) is 16.0. The van der Waals surface area contributed by atoms with Gasteiger partial charge >= 0.3 is 0 Å². The molecule has 0 aliphatic carbocycles. The van der Waals surface area contributed by atoms with Crippen LogP contribution in [0.1, 0.15) is 10.5 Å². The van der Waals surface area contributed by atoms with Crippen molar-refractivity contribution < 1.29 is 4.79 Å². The zero-order chi connectivity index (χ0) is 18.8. The maximum absolute atomic E-state index is 12.1. The minimum absolute atomic E-state index is 0.236. The van der Waals surface area contributed by atoms with Crippen LogP contribution in [-0.2, 0) is 0 Å². The molecule has 0 saturated carbocycles. The lowest BCUT2D eigenvalue weighted by atomic mass is 10.1. The molecule has 4 rings (SSSR count). The third-order valence-electron chi connectivity index (χ3n) is 4.05. The largest absolute Gasteiger partial charge is 0.354 e. The summed E-state index contributed by atoms with van der Waals surface area (Å²) in [6.07, 6.45) is 0. The van der Waals surface area contributed by atoms with E-state index in [-0.39, 0.29) is 5.91 Å². The number of nitrogens with zero attached hydrogens (tertiary/aromatic N) is 3. The number of aromatic nitrogens is 3. The van der Waals surface area contributed by atoms with Crippen LogP contribution in [-0.4, -0.2) is 27.7 Å². The van der Waals surface area contributed by atoms with Crippen LogP contribution in [0.5, 0.6) is 0 Å². The Balaban J connectivity index is 1.80. The van der Waals surface area contributed by atoms with E-state index in [4.69, 9.17) is 16.6 Å². The summed E-state index contributed by atoms with van der Waals surface area (Å²) in [5, 5.41) is 10.4. The second-order valence-electron chi connectivity index (χ2n) is 5.79. The molecule has 0 spiro atoms. The summed E-state index contributed by atoms with van der Waals surface area (Å²) in [6, 6.07) is 19.1. The van der Waals surface area contributed by atoms with E-state index in [1.54, 1.807) is 17.8 Å². The average Bonchev–Trinajstić information content (AvgIpc) is 3.36. The van der Waals surface area contributed by atoms with Crippen LogP contribution in [0.4, 0.5) is 0 Å². The van der Waals surface area contributed by atoms with Crippen molar-refractivity contribution in [3.05, 3.63) is 76.8 Å². The summed E-state index contributed by atoms with van der Waals surface area (Å²) < 4.78 is 1.71. The summed E-state index contributed by atoms with van der Waals surface area (Å²) in [6.45, 7) is 0. The summed E-state index contributed by atoms with van der Waals surface area (Å²) in [5.41, 5.74) is 3.93. The highest BCUT2D eigenvalue weighted by molar-refractivity contribution is 7.12. The van der Waals surface area contributed by atoms with Gasteiger partial charge in [0.25, 0.3) is 5.91 Å². The van der Waals surface area contributed by atoms with Gasteiger partial charge < -0.3 is 5.32 Å². The van der Waals surface area contributed by atoms with Crippen molar-refractivity contribution in [1.82, 2.24) is 20.1 Å². The predicted octanol–water partition coefficient (Wildman–Crippen LogP) is 4.68. The Bertz CT molecular complexity index is 1090. The highest BCUT2D eigenvalue weighted by Crippen LogP contribution is 2.29. The Morgan fingerprint density at radius 1 is 1.07 bits per heavy atom. The van der Waals surface area contributed by atoms with Gasteiger partial charge in [-0.15, -0.1) is 11.3 Å². The first-order valence-electron chi connectivity index (χ1n) is 8.25. The molecular formula is C20H15ClN4OS. The molecule has 4 aromatic rings. The van der Waals surface area contributed by atoms with Crippen molar-refractivity contribution in [2.24, 2.45) is 0 Å². The molecule has 27 heavy (non-hydrogen) atoms. The molecule has 0 radical (unpaired) electrons. The molecule has 5 nitrogen and oxygen atoms in total. The summed E-state index contributed by atoms with van der Waals surface area (Å²) in [5.74, 6) is -0.236. The monoisotopic (exact) mass is 394 g/mol. The van der Waals surface area contributed by atoms with Gasteiger partial charge in [0.05, 0.1) is 11.4 Å². The van der Waals surface area contributed by atoms with Gasteiger partial charge in [-0.3, -0.25) is 4.79 Å². The smallest absolute Gasteiger partial charge is 0.271 e. The van der Waals surface area contributed by atoms with Crippen LogP contribution in [0, 0.1) is 0 Å². The van der Waals surface area contributed by atoms with Crippen molar-refractivity contribution in [3.8, 4) is 27.6 Å². The standard InChI is InChI=1S/C20H15ClN4OS/c1-22-19(26)16-11-18(14-5-3-2-4-6-14)25(24-16)20-23-17(12-27-20)13-7-9-15(21)10-8-13/h2-12H,1H3,(H,22,26). The number of carbonyl (C=O) groups is 1. The molecule has 7 heteroatoms. The Morgan fingerprint density at radius 3 is 2.52 bits per heavy atom. The number of thiazole rings is 1. The van der Waals surface area contributed by atoms with E-state index in [1.807, 2.05) is 60.0 Å². The van der Waals surface area contributed by atoms with E-state index in [2.05, 4.69) is 10.4 Å². The molecule has 0 bridgehead atoms. The van der Waals surface area contributed by atoms with E-state index in [0.717, 1.165) is 22.5 Å². The number of hydrogen-bond donors (Lipinski definition) is 1. The number of rotatable bonds is 4. The molecule has 2 heterocycles. The van der Waals surface area contributed by atoms with Gasteiger partial charge in [-0.2, -0.15) is 5.10 Å². The van der Waals surface area contributed by atoms with Gasteiger partial charge in [0.2, 0.25) is 5.13 Å². The van der Waals surface area contributed by atoms with Crippen LogP contribution in [0.15, 0.2) is 66.0 Å². The minimum atomic E-state index is -0.236. The first kappa shape index (κ1) is 17.5. The van der Waals surface area contributed by atoms with Crippen LogP contribution in [0.2, 0.25) is 5.02 Å². The maximum Gasteiger partial charge on any atom is 0.271 e. The fourth-order valence-electron chi connectivity index (χ4n) is 2.70. The molecule has 2 aromatic carbocycles. The normalized spacial score (nSPS) is 10.7. The molecular weight excluding hydrogens is 380 g/mol. The zero-order valence-electron chi connectivity index (χ0n) is 14.4. The molecule has 2 aromatic heterocycles. The van der Waals surface area contributed by atoms with Crippen molar-refractivity contribution in [3.63, 3.8) is 0 Å². The van der Waals surface area contributed by atoms with Gasteiger partial charge in [-0.1, -0.05) is 54.1 Å². The third kappa shape index (κ3) is 3.49. The average molecular weight is 395 g/mol. The molecule has 0 unspecified atom stereocenters. The number of nitrogens with one attached hydrogen (secondary N) is 1. The minimum Gasteiger partial charge on any atom is -0.354 e. The fourth-order valence-corrected chi connectivity index (χ4v) is 3.62. The highest BCUT2D eigenvalue weighted by Gasteiger charge is 2.18. The van der Waals surface area contributed by atoms with Gasteiger partial charge in [-0.05, 0) is 18.2 Å². The van der Waals surface area contributed by atoms with E-state index in [9.17, 15) is 4.79 Å². The van der Waals surface area contributed by atoms with Crippen LogP contribution in [0.3, 0.4) is 0 Å². The molecule has 0 aliphatic heterocycles. The molecule has 0 saturated heterocycles. The van der Waals surface area contributed by atoms with Crippen LogP contribution >= 0.6 is 22.9 Å². The Morgan fingerprint density at radius 2 is 1.81 bits per heavy atom. The van der Waals surface area contributed by atoms with E-state index < -0.39 is 0 Å². The summed E-state index contributed by atoms with van der Waals surface area (Å²) in [4.78, 5) is 16.8. The Labute approximate surface area is 165 Å². The first-order chi connectivity index (χ1) is 13.2. The second-order valence-corrected chi connectivity index (χ2v) is 7.07. The molecule has 0 aliphatic rings. The number of amides is 1. The maximum atomic E-state index is 12.1. The third-order valence-corrected chi connectivity index (χ3v) is 5.12. The topological polar surface area (TPSA) is 59.8 Å². The lowest BCUT2D eigenvalue weighted by Gasteiger charge is -2.03.